The Morgan fingerprint density at radius 1 is 0.944 bits per heavy atom. The van der Waals surface area contributed by atoms with Crippen LogP contribution in [-0.4, -0.2) is 81.7 Å². The van der Waals surface area contributed by atoms with Gasteiger partial charge in [-0.05, 0) is 69.9 Å². The van der Waals surface area contributed by atoms with Crippen LogP contribution in [0.4, 0.5) is 0 Å². The molecule has 0 bridgehead atoms. The van der Waals surface area contributed by atoms with E-state index < -0.39 is 17.7 Å². The van der Waals surface area contributed by atoms with Gasteiger partial charge in [0, 0.05) is 12.1 Å². The fourth-order valence-corrected chi connectivity index (χ4v) is 4.28. The molecule has 1 amide bonds. The zero-order valence-corrected chi connectivity index (χ0v) is 21.7. The average molecular weight is 499 g/mol. The van der Waals surface area contributed by atoms with Gasteiger partial charge in [-0.25, -0.2) is 0 Å². The molecular formula is C27H34N2O7. The minimum atomic E-state index is -0.801. The number of benzene rings is 2. The quantitative estimate of drug-likeness (QED) is 0.286. The van der Waals surface area contributed by atoms with Gasteiger partial charge in [0.25, 0.3) is 11.7 Å². The van der Waals surface area contributed by atoms with Crippen molar-refractivity contribution < 1.29 is 33.6 Å². The van der Waals surface area contributed by atoms with Crippen molar-refractivity contribution in [2.24, 2.45) is 0 Å². The molecule has 1 aliphatic heterocycles. The highest BCUT2D eigenvalue weighted by atomic mass is 16.5. The van der Waals surface area contributed by atoms with Gasteiger partial charge in [0.2, 0.25) is 0 Å². The van der Waals surface area contributed by atoms with Crippen LogP contribution in [0, 0.1) is 0 Å². The van der Waals surface area contributed by atoms with Crippen LogP contribution in [0.3, 0.4) is 0 Å². The number of carbonyl (C=O) groups is 2. The first-order chi connectivity index (χ1) is 17.3. The Morgan fingerprint density at radius 2 is 1.58 bits per heavy atom. The summed E-state index contributed by atoms with van der Waals surface area (Å²) in [6.07, 6.45) is 0.654. The van der Waals surface area contributed by atoms with Crippen molar-refractivity contribution in [3.05, 3.63) is 53.1 Å². The molecule has 0 aromatic heterocycles. The Morgan fingerprint density at radius 3 is 2.19 bits per heavy atom. The van der Waals surface area contributed by atoms with E-state index in [2.05, 4.69) is 0 Å². The SMILES string of the molecule is CCOc1ccc(C2/C(=C(/O)c3ccc(OC)c(OC)c3)C(=O)C(=O)N2CCCN(C)C)cc1OC. The molecule has 1 fully saturated rings. The number of nitrogens with zero attached hydrogens (tertiary/aromatic N) is 2. The first-order valence-corrected chi connectivity index (χ1v) is 11.7. The second-order valence-electron chi connectivity index (χ2n) is 8.56. The Kier molecular flexibility index (Phi) is 8.82. The summed E-state index contributed by atoms with van der Waals surface area (Å²) in [5.41, 5.74) is 0.964. The van der Waals surface area contributed by atoms with Gasteiger partial charge in [-0.3, -0.25) is 9.59 Å². The number of rotatable bonds is 11. The van der Waals surface area contributed by atoms with E-state index in [1.807, 2.05) is 25.9 Å². The van der Waals surface area contributed by atoms with Crippen LogP contribution in [0.15, 0.2) is 42.0 Å². The van der Waals surface area contributed by atoms with Crippen LogP contribution in [-0.2, 0) is 9.59 Å². The third-order valence-electron chi connectivity index (χ3n) is 6.00. The molecule has 2 aromatic carbocycles. The number of ether oxygens (including phenoxy) is 4. The fourth-order valence-electron chi connectivity index (χ4n) is 4.28. The van der Waals surface area contributed by atoms with E-state index in [1.165, 1.54) is 26.2 Å². The summed E-state index contributed by atoms with van der Waals surface area (Å²) in [4.78, 5) is 30.0. The minimum Gasteiger partial charge on any atom is -0.507 e. The summed E-state index contributed by atoms with van der Waals surface area (Å²) in [5.74, 6) is 0.195. The molecule has 1 saturated heterocycles. The van der Waals surface area contributed by atoms with E-state index in [4.69, 9.17) is 18.9 Å². The van der Waals surface area contributed by atoms with Gasteiger partial charge in [0.15, 0.2) is 23.0 Å². The first-order valence-electron chi connectivity index (χ1n) is 11.7. The predicted octanol–water partition coefficient (Wildman–Crippen LogP) is 3.48. The van der Waals surface area contributed by atoms with Crippen LogP contribution in [0.5, 0.6) is 23.0 Å². The minimum absolute atomic E-state index is 0.00304. The van der Waals surface area contributed by atoms with Crippen LogP contribution >= 0.6 is 0 Å². The van der Waals surface area contributed by atoms with Gasteiger partial charge in [-0.15, -0.1) is 0 Å². The predicted molar refractivity (Wildman–Crippen MR) is 136 cm³/mol. The average Bonchev–Trinajstić information content (AvgIpc) is 3.13. The summed E-state index contributed by atoms with van der Waals surface area (Å²) in [6, 6.07) is 9.29. The maximum Gasteiger partial charge on any atom is 0.295 e. The lowest BCUT2D eigenvalue weighted by Gasteiger charge is -2.26. The third kappa shape index (κ3) is 5.41. The second kappa shape index (κ2) is 11.8. The van der Waals surface area contributed by atoms with E-state index in [0.717, 1.165) is 6.54 Å². The van der Waals surface area contributed by atoms with Gasteiger partial charge < -0.3 is 33.9 Å². The van der Waals surface area contributed by atoms with Gasteiger partial charge in [0.05, 0.1) is 39.6 Å². The standard InChI is InChI=1S/C27H34N2O7/c1-7-36-20-12-9-17(15-22(20)35-6)24-23(26(31)27(32)29(24)14-8-13-28(2)3)25(30)18-10-11-19(33-4)21(16-18)34-5/h9-12,15-16,24,30H,7-8,13-14H2,1-6H3/b25-23-. The molecule has 1 atom stereocenters. The lowest BCUT2D eigenvalue weighted by Crippen LogP contribution is -2.32. The molecule has 0 saturated carbocycles. The van der Waals surface area contributed by atoms with E-state index in [1.54, 1.807) is 36.4 Å². The van der Waals surface area contributed by atoms with Gasteiger partial charge in [0.1, 0.15) is 5.76 Å². The zero-order chi connectivity index (χ0) is 26.4. The van der Waals surface area contributed by atoms with Gasteiger partial charge >= 0.3 is 0 Å². The monoisotopic (exact) mass is 498 g/mol. The number of aliphatic hydroxyl groups is 1. The van der Waals surface area contributed by atoms with Crippen molar-refractivity contribution >= 4 is 17.4 Å². The Labute approximate surface area is 211 Å². The summed E-state index contributed by atoms with van der Waals surface area (Å²) in [6.45, 7) is 3.40. The second-order valence-corrected chi connectivity index (χ2v) is 8.56. The maximum absolute atomic E-state index is 13.3. The van der Waals surface area contributed by atoms with Crippen LogP contribution in [0.25, 0.3) is 5.76 Å². The molecule has 194 valence electrons. The van der Waals surface area contributed by atoms with E-state index in [9.17, 15) is 14.7 Å². The van der Waals surface area contributed by atoms with Crippen molar-refractivity contribution in [2.75, 3.05) is 55.1 Å². The summed E-state index contributed by atoms with van der Waals surface area (Å²) in [5, 5.41) is 11.3. The number of ketones is 1. The molecule has 36 heavy (non-hydrogen) atoms. The van der Waals surface area contributed by atoms with Gasteiger partial charge in [-0.2, -0.15) is 0 Å². The third-order valence-corrected chi connectivity index (χ3v) is 6.00. The summed E-state index contributed by atoms with van der Waals surface area (Å²) in [7, 11) is 8.41. The van der Waals surface area contributed by atoms with Crippen molar-refractivity contribution in [1.29, 1.82) is 0 Å². The lowest BCUT2D eigenvalue weighted by atomic mass is 9.94. The highest BCUT2D eigenvalue weighted by molar-refractivity contribution is 6.46. The molecule has 9 heteroatoms. The van der Waals surface area contributed by atoms with Gasteiger partial charge in [-0.1, -0.05) is 6.07 Å². The largest absolute Gasteiger partial charge is 0.507 e. The lowest BCUT2D eigenvalue weighted by molar-refractivity contribution is -0.139. The molecular weight excluding hydrogens is 464 g/mol. The number of amides is 1. The molecule has 9 nitrogen and oxygen atoms in total. The number of likely N-dealkylation sites (tertiary alicyclic amines) is 1. The molecule has 1 aliphatic rings. The van der Waals surface area contributed by atoms with Crippen molar-refractivity contribution in [3.63, 3.8) is 0 Å². The van der Waals surface area contributed by atoms with Crippen LogP contribution < -0.4 is 18.9 Å². The molecule has 1 heterocycles. The number of carbonyl (C=O) groups excluding carboxylic acids is 2. The van der Waals surface area contributed by atoms with Crippen LogP contribution in [0.1, 0.15) is 30.5 Å². The van der Waals surface area contributed by atoms with Crippen molar-refractivity contribution in [3.8, 4) is 23.0 Å². The number of hydrogen-bond donors (Lipinski definition) is 1. The maximum atomic E-state index is 13.3. The Balaban J connectivity index is 2.16. The molecule has 2 aromatic rings. The zero-order valence-electron chi connectivity index (χ0n) is 21.7. The summed E-state index contributed by atoms with van der Waals surface area (Å²) < 4.78 is 21.8. The highest BCUT2D eigenvalue weighted by Crippen LogP contribution is 2.42. The normalized spacial score (nSPS) is 17.0. The van der Waals surface area contributed by atoms with E-state index in [-0.39, 0.29) is 11.3 Å². The molecule has 0 aliphatic carbocycles. The number of methoxy groups -OCH3 is 3. The topological polar surface area (TPSA) is 97.8 Å². The van der Waals surface area contributed by atoms with Crippen LogP contribution in [0.2, 0.25) is 0 Å². The molecule has 1 unspecified atom stereocenters. The molecule has 1 N–H and O–H groups in total. The smallest absolute Gasteiger partial charge is 0.295 e. The molecule has 3 rings (SSSR count). The van der Waals surface area contributed by atoms with E-state index in [0.29, 0.717) is 53.7 Å². The highest BCUT2D eigenvalue weighted by Gasteiger charge is 2.46. The van der Waals surface area contributed by atoms with Crippen molar-refractivity contribution in [1.82, 2.24) is 9.80 Å². The van der Waals surface area contributed by atoms with Crippen molar-refractivity contribution in [2.45, 2.75) is 19.4 Å². The Hall–Kier alpha value is -3.72. The fraction of sp³-hybridized carbons (Fsp3) is 0.407. The number of hydrogen-bond acceptors (Lipinski definition) is 8. The number of Topliss-reactive ketones (excluding diaryl/α,β-unsaturated/α-hetero) is 1. The first kappa shape index (κ1) is 26.9. The molecule has 0 spiro atoms. The molecule has 0 radical (unpaired) electrons. The Bertz CT molecular complexity index is 1140. The van der Waals surface area contributed by atoms with E-state index >= 15 is 0 Å². The summed E-state index contributed by atoms with van der Waals surface area (Å²) >= 11 is 0. The number of aliphatic hydroxyl groups excluding tert-OH is 1.